The molecule has 2 heterocycles. The summed E-state index contributed by atoms with van der Waals surface area (Å²) in [4.78, 5) is 26.2. The van der Waals surface area contributed by atoms with Crippen LogP contribution in [0.15, 0.2) is 34.7 Å². The average Bonchev–Trinajstić information content (AvgIpc) is 3.25. The van der Waals surface area contributed by atoms with Crippen molar-refractivity contribution in [1.82, 2.24) is 10.2 Å². The Balaban J connectivity index is 1.65. The largest absolute Gasteiger partial charge is 0.465 e. The van der Waals surface area contributed by atoms with Crippen LogP contribution in [0.2, 0.25) is 0 Å². The summed E-state index contributed by atoms with van der Waals surface area (Å²) in [5.41, 5.74) is 1.12. The summed E-state index contributed by atoms with van der Waals surface area (Å²) in [6.45, 7) is 5.91. The molecule has 0 spiro atoms. The number of hydrogen-bond donors (Lipinski definition) is 1. The quantitative estimate of drug-likeness (QED) is 0.529. The number of nitrogens with one attached hydrogen (secondary N) is 1. The van der Waals surface area contributed by atoms with E-state index in [2.05, 4.69) is 10.2 Å². The van der Waals surface area contributed by atoms with Crippen LogP contribution >= 0.6 is 0 Å². The maximum atomic E-state index is 11.9. The van der Waals surface area contributed by atoms with Crippen molar-refractivity contribution in [1.29, 1.82) is 0 Å². The van der Waals surface area contributed by atoms with Gasteiger partial charge in [-0.2, -0.15) is 0 Å². The van der Waals surface area contributed by atoms with Gasteiger partial charge in [0.1, 0.15) is 11.5 Å². The Bertz CT molecular complexity index is 807. The van der Waals surface area contributed by atoms with Crippen molar-refractivity contribution in [3.05, 3.63) is 47.2 Å². The van der Waals surface area contributed by atoms with Gasteiger partial charge < -0.3 is 23.9 Å². The molecule has 0 amide bonds. The van der Waals surface area contributed by atoms with Crippen LogP contribution in [0.25, 0.3) is 11.3 Å². The Morgan fingerprint density at radius 2 is 1.69 bits per heavy atom. The third-order valence-corrected chi connectivity index (χ3v) is 4.73. The van der Waals surface area contributed by atoms with Crippen LogP contribution < -0.4 is 5.32 Å². The van der Waals surface area contributed by atoms with E-state index in [0.717, 1.165) is 45.2 Å². The lowest BCUT2D eigenvalue weighted by atomic mass is 10.0. The number of ether oxygens (including phenoxy) is 3. The first-order valence-electron chi connectivity index (χ1n) is 9.52. The summed E-state index contributed by atoms with van der Waals surface area (Å²) in [5, 5.41) is 3.37. The zero-order valence-corrected chi connectivity index (χ0v) is 16.7. The van der Waals surface area contributed by atoms with E-state index in [4.69, 9.17) is 18.6 Å². The fraction of sp³-hybridized carbons (Fsp3) is 0.429. The molecule has 3 rings (SSSR count). The van der Waals surface area contributed by atoms with Gasteiger partial charge >= 0.3 is 11.9 Å². The highest BCUT2D eigenvalue weighted by molar-refractivity contribution is 5.97. The van der Waals surface area contributed by atoms with Gasteiger partial charge in [-0.05, 0) is 30.3 Å². The van der Waals surface area contributed by atoms with E-state index < -0.39 is 11.9 Å². The maximum absolute atomic E-state index is 11.9. The highest BCUT2D eigenvalue weighted by Gasteiger charge is 2.16. The number of carbonyl (C=O) groups is 2. The number of esters is 2. The van der Waals surface area contributed by atoms with Crippen LogP contribution in [0.3, 0.4) is 0 Å². The van der Waals surface area contributed by atoms with Crippen molar-refractivity contribution in [2.45, 2.75) is 6.54 Å². The summed E-state index contributed by atoms with van der Waals surface area (Å²) in [6.07, 6.45) is 0. The third kappa shape index (κ3) is 5.66. The van der Waals surface area contributed by atoms with Gasteiger partial charge in [-0.25, -0.2) is 9.59 Å². The number of nitrogens with zero attached hydrogens (tertiary/aromatic N) is 1. The van der Waals surface area contributed by atoms with Crippen LogP contribution in [0.5, 0.6) is 0 Å². The number of rotatable bonds is 8. The summed E-state index contributed by atoms with van der Waals surface area (Å²) < 4.78 is 20.8. The number of morpholine rings is 1. The van der Waals surface area contributed by atoms with Gasteiger partial charge in [0, 0.05) is 31.7 Å². The van der Waals surface area contributed by atoms with Crippen molar-refractivity contribution >= 4 is 11.9 Å². The van der Waals surface area contributed by atoms with Gasteiger partial charge in [-0.1, -0.05) is 0 Å². The standard InChI is InChI=1S/C21H26N2O6/c1-26-20(24)16-11-15(12-17(13-16)21(25)27-2)19-4-3-18(29-19)14-22-5-6-23-7-9-28-10-8-23/h3-4,11-13,22H,5-10,14H2,1-2H3. The molecule has 1 aliphatic heterocycles. The van der Waals surface area contributed by atoms with Gasteiger partial charge in [0.15, 0.2) is 0 Å². The fourth-order valence-electron chi connectivity index (χ4n) is 3.14. The molecule has 2 aromatic rings. The minimum atomic E-state index is -0.534. The molecule has 0 radical (unpaired) electrons. The van der Waals surface area contributed by atoms with Crippen molar-refractivity contribution in [2.75, 3.05) is 53.6 Å². The Morgan fingerprint density at radius 1 is 1.03 bits per heavy atom. The summed E-state index contributed by atoms with van der Waals surface area (Å²) in [7, 11) is 2.58. The van der Waals surface area contributed by atoms with Crippen molar-refractivity contribution in [2.24, 2.45) is 0 Å². The van der Waals surface area contributed by atoms with Crippen molar-refractivity contribution in [3.63, 3.8) is 0 Å². The molecule has 1 N–H and O–H groups in total. The van der Waals surface area contributed by atoms with Crippen LogP contribution in [0.1, 0.15) is 26.5 Å². The second kappa shape index (κ2) is 10.2. The molecule has 1 saturated heterocycles. The van der Waals surface area contributed by atoms with E-state index in [1.807, 2.05) is 12.1 Å². The molecule has 0 unspecified atom stereocenters. The number of hydrogen-bond acceptors (Lipinski definition) is 8. The molecule has 8 heteroatoms. The lowest BCUT2D eigenvalue weighted by Crippen LogP contribution is -2.40. The molecule has 0 aliphatic carbocycles. The van der Waals surface area contributed by atoms with E-state index >= 15 is 0 Å². The second-order valence-electron chi connectivity index (χ2n) is 6.68. The summed E-state index contributed by atoms with van der Waals surface area (Å²) >= 11 is 0. The van der Waals surface area contributed by atoms with E-state index in [9.17, 15) is 9.59 Å². The molecular formula is C21H26N2O6. The number of benzene rings is 1. The minimum Gasteiger partial charge on any atom is -0.465 e. The Labute approximate surface area is 169 Å². The normalized spacial score (nSPS) is 14.6. The number of carbonyl (C=O) groups excluding carboxylic acids is 2. The van der Waals surface area contributed by atoms with Gasteiger partial charge in [0.25, 0.3) is 0 Å². The maximum Gasteiger partial charge on any atom is 0.337 e. The predicted molar refractivity (Wildman–Crippen MR) is 106 cm³/mol. The third-order valence-electron chi connectivity index (χ3n) is 4.73. The van der Waals surface area contributed by atoms with Gasteiger partial charge in [0.2, 0.25) is 0 Å². The molecule has 0 atom stereocenters. The summed E-state index contributed by atoms with van der Waals surface area (Å²) in [6, 6.07) is 8.40. The number of furan rings is 1. The smallest absolute Gasteiger partial charge is 0.337 e. The molecule has 156 valence electrons. The first kappa shape index (κ1) is 21.0. The van der Waals surface area contributed by atoms with E-state index in [-0.39, 0.29) is 11.1 Å². The summed E-state index contributed by atoms with van der Waals surface area (Å²) in [5.74, 6) is 0.262. The Kier molecular flexibility index (Phi) is 7.40. The van der Waals surface area contributed by atoms with Gasteiger partial charge in [-0.15, -0.1) is 0 Å². The monoisotopic (exact) mass is 402 g/mol. The van der Waals surface area contributed by atoms with Gasteiger partial charge in [-0.3, -0.25) is 4.90 Å². The molecule has 29 heavy (non-hydrogen) atoms. The molecular weight excluding hydrogens is 376 g/mol. The first-order chi connectivity index (χ1) is 14.1. The van der Waals surface area contributed by atoms with Crippen LogP contribution in [-0.4, -0.2) is 70.5 Å². The Morgan fingerprint density at radius 3 is 2.31 bits per heavy atom. The van der Waals surface area contributed by atoms with Gasteiger partial charge in [0.05, 0.1) is 45.1 Å². The topological polar surface area (TPSA) is 90.2 Å². The Hall–Kier alpha value is -2.68. The lowest BCUT2D eigenvalue weighted by molar-refractivity contribution is 0.0383. The zero-order chi connectivity index (χ0) is 20.6. The molecule has 0 saturated carbocycles. The van der Waals surface area contributed by atoms with E-state index in [1.165, 1.54) is 20.3 Å². The molecule has 1 aromatic carbocycles. The lowest BCUT2D eigenvalue weighted by Gasteiger charge is -2.26. The average molecular weight is 402 g/mol. The highest BCUT2D eigenvalue weighted by atomic mass is 16.5. The van der Waals surface area contributed by atoms with Crippen LogP contribution in [0.4, 0.5) is 0 Å². The first-order valence-corrected chi connectivity index (χ1v) is 9.52. The predicted octanol–water partition coefficient (Wildman–Crippen LogP) is 1.94. The fourth-order valence-corrected chi connectivity index (χ4v) is 3.14. The zero-order valence-electron chi connectivity index (χ0n) is 16.7. The van der Waals surface area contributed by atoms with Crippen LogP contribution in [0, 0.1) is 0 Å². The number of methoxy groups -OCH3 is 2. The van der Waals surface area contributed by atoms with Crippen molar-refractivity contribution < 1.29 is 28.2 Å². The highest BCUT2D eigenvalue weighted by Crippen LogP contribution is 2.25. The molecule has 8 nitrogen and oxygen atoms in total. The van der Waals surface area contributed by atoms with E-state index in [1.54, 1.807) is 12.1 Å². The minimum absolute atomic E-state index is 0.256. The molecule has 1 aliphatic rings. The SMILES string of the molecule is COC(=O)c1cc(C(=O)OC)cc(-c2ccc(CNCCN3CCOCC3)o2)c1. The van der Waals surface area contributed by atoms with E-state index in [0.29, 0.717) is 17.9 Å². The van der Waals surface area contributed by atoms with Crippen LogP contribution in [-0.2, 0) is 20.8 Å². The molecule has 1 aromatic heterocycles. The molecule has 0 bridgehead atoms. The molecule has 1 fully saturated rings. The second-order valence-corrected chi connectivity index (χ2v) is 6.68. The van der Waals surface area contributed by atoms with Crippen molar-refractivity contribution in [3.8, 4) is 11.3 Å².